The van der Waals surface area contributed by atoms with Gasteiger partial charge in [0.2, 0.25) is 0 Å². The topological polar surface area (TPSA) is 45.3 Å². The number of fused-ring (bicyclic) bond motifs is 1. The van der Waals surface area contributed by atoms with Gasteiger partial charge in [0.1, 0.15) is 5.75 Å². The lowest BCUT2D eigenvalue weighted by molar-refractivity contribution is 0.271. The van der Waals surface area contributed by atoms with E-state index < -0.39 is 0 Å². The fraction of sp³-hybridized carbons (Fsp3) is 0.571. The number of H-pyrrole nitrogens is 1. The summed E-state index contributed by atoms with van der Waals surface area (Å²) in [7, 11) is 0. The monoisotopic (exact) mass is 342 g/mol. The second-order valence-corrected chi connectivity index (χ2v) is 7.66. The second-order valence-electron chi connectivity index (χ2n) is 7.66. The Hall–Kier alpha value is -1.81. The van der Waals surface area contributed by atoms with Gasteiger partial charge in [0.15, 0.2) is 5.43 Å². The molecule has 0 amide bonds. The van der Waals surface area contributed by atoms with Gasteiger partial charge in [-0.2, -0.15) is 0 Å². The molecule has 0 aliphatic carbocycles. The SMILES string of the molecule is Cc1[nH]c2ccc(OCC(C)C)cc2c(=O)c1CN1CCCCCC1. The molecule has 2 aromatic rings. The Morgan fingerprint density at radius 1 is 1.16 bits per heavy atom. The maximum absolute atomic E-state index is 13.1. The van der Waals surface area contributed by atoms with E-state index >= 15 is 0 Å². The van der Waals surface area contributed by atoms with Gasteiger partial charge in [0.05, 0.1) is 6.61 Å². The third kappa shape index (κ3) is 4.43. The van der Waals surface area contributed by atoms with Gasteiger partial charge in [-0.1, -0.05) is 26.7 Å². The molecule has 1 aromatic carbocycles. The van der Waals surface area contributed by atoms with Gasteiger partial charge in [-0.05, 0) is 57.0 Å². The van der Waals surface area contributed by atoms with E-state index in [4.69, 9.17) is 4.74 Å². The Morgan fingerprint density at radius 2 is 1.88 bits per heavy atom. The molecule has 4 heteroatoms. The molecule has 0 bridgehead atoms. The molecule has 0 atom stereocenters. The number of pyridine rings is 1. The van der Waals surface area contributed by atoms with Crippen LogP contribution in [0.2, 0.25) is 0 Å². The molecule has 4 nitrogen and oxygen atoms in total. The summed E-state index contributed by atoms with van der Waals surface area (Å²) >= 11 is 0. The van der Waals surface area contributed by atoms with Gasteiger partial charge in [0, 0.05) is 28.7 Å². The highest BCUT2D eigenvalue weighted by Crippen LogP contribution is 2.20. The van der Waals surface area contributed by atoms with Crippen molar-refractivity contribution in [1.82, 2.24) is 9.88 Å². The standard InChI is InChI=1S/C21H30N2O2/c1-15(2)14-25-17-8-9-20-18(12-17)21(24)19(16(3)22-20)13-23-10-6-4-5-7-11-23/h8-9,12,15H,4-7,10-11,13-14H2,1-3H3,(H,22,24). The maximum Gasteiger partial charge on any atom is 0.194 e. The molecule has 1 saturated heterocycles. The van der Waals surface area contributed by atoms with Gasteiger partial charge >= 0.3 is 0 Å². The number of likely N-dealkylation sites (tertiary alicyclic amines) is 1. The molecular formula is C21H30N2O2. The summed E-state index contributed by atoms with van der Waals surface area (Å²) in [6, 6.07) is 5.78. The lowest BCUT2D eigenvalue weighted by Gasteiger charge is -2.20. The summed E-state index contributed by atoms with van der Waals surface area (Å²) in [6.45, 7) is 9.84. The Balaban J connectivity index is 1.90. The Kier molecular flexibility index (Phi) is 5.79. The predicted octanol–water partition coefficient (Wildman–Crippen LogP) is 4.25. The van der Waals surface area contributed by atoms with E-state index in [9.17, 15) is 4.79 Å². The summed E-state index contributed by atoms with van der Waals surface area (Å²) in [5, 5.41) is 0.733. The molecule has 1 aliphatic rings. The molecule has 0 saturated carbocycles. The van der Waals surface area contributed by atoms with E-state index in [0.717, 1.165) is 47.5 Å². The van der Waals surface area contributed by atoms with E-state index in [0.29, 0.717) is 12.5 Å². The molecule has 25 heavy (non-hydrogen) atoms. The van der Waals surface area contributed by atoms with Crippen LogP contribution in [0.25, 0.3) is 10.9 Å². The van der Waals surface area contributed by atoms with Crippen LogP contribution in [0.15, 0.2) is 23.0 Å². The second kappa shape index (κ2) is 8.05. The number of aryl methyl sites for hydroxylation is 1. The highest BCUT2D eigenvalue weighted by Gasteiger charge is 2.15. The van der Waals surface area contributed by atoms with Crippen molar-refractivity contribution in [2.24, 2.45) is 5.92 Å². The molecule has 1 fully saturated rings. The quantitative estimate of drug-likeness (QED) is 0.883. The van der Waals surface area contributed by atoms with Gasteiger partial charge in [-0.3, -0.25) is 9.69 Å². The van der Waals surface area contributed by atoms with Crippen LogP contribution in [0.4, 0.5) is 0 Å². The van der Waals surface area contributed by atoms with E-state index in [1.54, 1.807) is 0 Å². The van der Waals surface area contributed by atoms with Crippen molar-refractivity contribution >= 4 is 10.9 Å². The van der Waals surface area contributed by atoms with Gasteiger partial charge in [-0.15, -0.1) is 0 Å². The number of nitrogens with zero attached hydrogens (tertiary/aromatic N) is 1. The molecule has 1 aliphatic heterocycles. The van der Waals surface area contributed by atoms with Gasteiger partial charge in [0.25, 0.3) is 0 Å². The fourth-order valence-electron chi connectivity index (χ4n) is 3.49. The van der Waals surface area contributed by atoms with Crippen molar-refractivity contribution in [1.29, 1.82) is 0 Å². The number of rotatable bonds is 5. The average Bonchev–Trinajstić information content (AvgIpc) is 2.85. The zero-order valence-corrected chi connectivity index (χ0v) is 15.7. The summed E-state index contributed by atoms with van der Waals surface area (Å²) in [5.74, 6) is 1.24. The molecular weight excluding hydrogens is 312 g/mol. The van der Waals surface area contributed by atoms with Gasteiger partial charge in [-0.25, -0.2) is 0 Å². The first-order chi connectivity index (χ1) is 12.0. The van der Waals surface area contributed by atoms with Crippen LogP contribution in [0.5, 0.6) is 5.75 Å². The van der Waals surface area contributed by atoms with Crippen LogP contribution < -0.4 is 10.2 Å². The summed E-state index contributed by atoms with van der Waals surface area (Å²) in [5.41, 5.74) is 2.91. The molecule has 0 radical (unpaired) electrons. The number of benzene rings is 1. The van der Waals surface area contributed by atoms with Crippen molar-refractivity contribution in [3.63, 3.8) is 0 Å². The molecule has 1 N–H and O–H groups in total. The van der Waals surface area contributed by atoms with E-state index in [1.165, 1.54) is 25.7 Å². The van der Waals surface area contributed by atoms with E-state index in [2.05, 4.69) is 23.7 Å². The van der Waals surface area contributed by atoms with Crippen LogP contribution in [-0.2, 0) is 6.54 Å². The first kappa shape index (κ1) is 18.0. The normalized spacial score (nSPS) is 16.3. The molecule has 0 unspecified atom stereocenters. The van der Waals surface area contributed by atoms with Crippen LogP contribution in [-0.4, -0.2) is 29.6 Å². The minimum absolute atomic E-state index is 0.144. The van der Waals surface area contributed by atoms with Crippen molar-refractivity contribution in [2.45, 2.75) is 53.0 Å². The highest BCUT2D eigenvalue weighted by atomic mass is 16.5. The Bertz CT molecular complexity index is 771. The predicted molar refractivity (Wildman–Crippen MR) is 103 cm³/mol. The van der Waals surface area contributed by atoms with Gasteiger partial charge < -0.3 is 9.72 Å². The highest BCUT2D eigenvalue weighted by molar-refractivity contribution is 5.81. The lowest BCUT2D eigenvalue weighted by Crippen LogP contribution is -2.28. The zero-order valence-electron chi connectivity index (χ0n) is 15.7. The maximum atomic E-state index is 13.1. The van der Waals surface area contributed by atoms with Crippen molar-refractivity contribution in [3.8, 4) is 5.75 Å². The number of hydrogen-bond acceptors (Lipinski definition) is 3. The van der Waals surface area contributed by atoms with Crippen molar-refractivity contribution < 1.29 is 4.74 Å². The summed E-state index contributed by atoms with van der Waals surface area (Å²) < 4.78 is 5.80. The van der Waals surface area contributed by atoms with Crippen LogP contribution in [0.1, 0.15) is 50.8 Å². The smallest absolute Gasteiger partial charge is 0.194 e. The largest absolute Gasteiger partial charge is 0.493 e. The van der Waals surface area contributed by atoms with E-state index in [-0.39, 0.29) is 5.43 Å². The van der Waals surface area contributed by atoms with Crippen molar-refractivity contribution in [2.75, 3.05) is 19.7 Å². The Labute approximate surface area is 150 Å². The zero-order chi connectivity index (χ0) is 17.8. The third-order valence-electron chi connectivity index (χ3n) is 4.95. The third-order valence-corrected chi connectivity index (χ3v) is 4.95. The summed E-state index contributed by atoms with van der Waals surface area (Å²) in [4.78, 5) is 18.9. The summed E-state index contributed by atoms with van der Waals surface area (Å²) in [6.07, 6.45) is 5.08. The lowest BCUT2D eigenvalue weighted by atomic mass is 10.1. The molecule has 136 valence electrons. The first-order valence-electron chi connectivity index (χ1n) is 9.55. The molecule has 0 spiro atoms. The molecule has 1 aromatic heterocycles. The minimum Gasteiger partial charge on any atom is -0.493 e. The first-order valence-corrected chi connectivity index (χ1v) is 9.55. The Morgan fingerprint density at radius 3 is 2.56 bits per heavy atom. The number of nitrogens with one attached hydrogen (secondary N) is 1. The van der Waals surface area contributed by atoms with Crippen LogP contribution >= 0.6 is 0 Å². The van der Waals surface area contributed by atoms with Crippen LogP contribution in [0, 0.1) is 12.8 Å². The number of aromatic amines is 1. The molecule has 3 rings (SSSR count). The number of aromatic nitrogens is 1. The number of ether oxygens (including phenoxy) is 1. The van der Waals surface area contributed by atoms with Crippen molar-refractivity contribution in [3.05, 3.63) is 39.7 Å². The minimum atomic E-state index is 0.144. The fourth-order valence-corrected chi connectivity index (χ4v) is 3.49. The van der Waals surface area contributed by atoms with E-state index in [1.807, 2.05) is 25.1 Å². The average molecular weight is 342 g/mol. The number of hydrogen-bond donors (Lipinski definition) is 1. The molecule has 2 heterocycles. The van der Waals surface area contributed by atoms with Crippen LogP contribution in [0.3, 0.4) is 0 Å².